The molecule has 0 aliphatic carbocycles. The lowest BCUT2D eigenvalue weighted by Crippen LogP contribution is -2.00. The van der Waals surface area contributed by atoms with Gasteiger partial charge in [0.05, 0.1) is 0 Å². The predicted molar refractivity (Wildman–Crippen MR) is 39.4 cm³/mol. The van der Waals surface area contributed by atoms with E-state index in [9.17, 15) is 0 Å². The fourth-order valence-corrected chi connectivity index (χ4v) is 0.859. The lowest BCUT2D eigenvalue weighted by Gasteiger charge is -1.87. The molecule has 56 valence electrons. The second-order valence-corrected chi connectivity index (χ2v) is 2.56. The van der Waals surface area contributed by atoms with Crippen molar-refractivity contribution in [1.29, 1.82) is 0 Å². The van der Waals surface area contributed by atoms with Crippen molar-refractivity contribution in [2.24, 2.45) is 5.73 Å². The van der Waals surface area contributed by atoms with E-state index in [4.69, 9.17) is 10.3 Å². The molecule has 0 aliphatic heterocycles. The van der Waals surface area contributed by atoms with E-state index in [-0.39, 0.29) is 0 Å². The van der Waals surface area contributed by atoms with Crippen LogP contribution in [0.5, 0.6) is 0 Å². The van der Waals surface area contributed by atoms with E-state index >= 15 is 0 Å². The topological polar surface area (TPSA) is 64.9 Å². The van der Waals surface area contributed by atoms with Crippen LogP contribution >= 0.6 is 15.9 Å². The summed E-state index contributed by atoms with van der Waals surface area (Å²) in [6, 6.07) is 0. The number of aromatic nitrogens is 2. The van der Waals surface area contributed by atoms with Crippen molar-refractivity contribution >= 4 is 15.9 Å². The summed E-state index contributed by atoms with van der Waals surface area (Å²) < 4.78 is 5.30. The highest BCUT2D eigenvalue weighted by Gasteiger charge is 2.00. The third-order valence-corrected chi connectivity index (χ3v) is 1.36. The van der Waals surface area contributed by atoms with Crippen LogP contribution in [-0.4, -0.2) is 16.7 Å². The molecule has 0 unspecified atom stereocenters. The molecule has 0 saturated heterocycles. The maximum Gasteiger partial charge on any atom is 0.238 e. The van der Waals surface area contributed by atoms with Crippen molar-refractivity contribution in [2.75, 3.05) is 6.54 Å². The second kappa shape index (κ2) is 3.68. The van der Waals surface area contributed by atoms with Crippen molar-refractivity contribution < 1.29 is 4.52 Å². The molecule has 0 bridgehead atoms. The Morgan fingerprint density at radius 1 is 1.60 bits per heavy atom. The molecule has 0 amide bonds. The molecule has 1 aromatic heterocycles. The van der Waals surface area contributed by atoms with Gasteiger partial charge in [-0.05, 0) is 34.1 Å². The zero-order valence-corrected chi connectivity index (χ0v) is 6.97. The smallest absolute Gasteiger partial charge is 0.238 e. The number of hydrogen-bond acceptors (Lipinski definition) is 4. The summed E-state index contributed by atoms with van der Waals surface area (Å²) in [5, 5.41) is 3.56. The van der Waals surface area contributed by atoms with Gasteiger partial charge < -0.3 is 10.3 Å². The quantitative estimate of drug-likeness (QED) is 0.791. The summed E-state index contributed by atoms with van der Waals surface area (Å²) in [4.78, 5) is 3.93. The fraction of sp³-hybridized carbons (Fsp3) is 0.600. The van der Waals surface area contributed by atoms with E-state index in [1.54, 1.807) is 0 Å². The molecule has 1 aromatic rings. The van der Waals surface area contributed by atoms with Crippen LogP contribution in [0.15, 0.2) is 9.26 Å². The van der Waals surface area contributed by atoms with Crippen LogP contribution in [0.2, 0.25) is 0 Å². The highest BCUT2D eigenvalue weighted by Crippen LogP contribution is 2.04. The maximum atomic E-state index is 5.28. The van der Waals surface area contributed by atoms with Crippen molar-refractivity contribution in [3.05, 3.63) is 10.6 Å². The Labute approximate surface area is 66.9 Å². The monoisotopic (exact) mass is 205 g/mol. The summed E-state index contributed by atoms with van der Waals surface area (Å²) in [5.74, 6) is 0.636. The number of rotatable bonds is 3. The van der Waals surface area contributed by atoms with Crippen molar-refractivity contribution in [1.82, 2.24) is 10.1 Å². The van der Waals surface area contributed by atoms with Gasteiger partial charge in [0, 0.05) is 6.42 Å². The Morgan fingerprint density at radius 2 is 2.40 bits per heavy atom. The lowest BCUT2D eigenvalue weighted by molar-refractivity contribution is 0.373. The van der Waals surface area contributed by atoms with Crippen LogP contribution < -0.4 is 5.73 Å². The molecular formula is C5H8BrN3O. The molecule has 0 saturated carbocycles. The van der Waals surface area contributed by atoms with Crippen molar-refractivity contribution in [2.45, 2.75) is 12.8 Å². The molecule has 5 heteroatoms. The van der Waals surface area contributed by atoms with E-state index in [0.717, 1.165) is 12.8 Å². The average molecular weight is 206 g/mol. The molecule has 0 atom stereocenters. The van der Waals surface area contributed by atoms with Gasteiger partial charge >= 0.3 is 0 Å². The number of halogens is 1. The summed E-state index contributed by atoms with van der Waals surface area (Å²) in [5.41, 5.74) is 5.28. The van der Waals surface area contributed by atoms with Gasteiger partial charge in [-0.1, -0.05) is 0 Å². The standard InChI is InChI=1S/C5H8BrN3O/c6-5-8-4(10-9-5)2-1-3-7/h1-3,7H2. The summed E-state index contributed by atoms with van der Waals surface area (Å²) in [6.45, 7) is 0.653. The maximum absolute atomic E-state index is 5.28. The van der Waals surface area contributed by atoms with E-state index in [2.05, 4.69) is 26.1 Å². The van der Waals surface area contributed by atoms with Crippen LogP contribution in [-0.2, 0) is 6.42 Å². The van der Waals surface area contributed by atoms with E-state index in [1.807, 2.05) is 0 Å². The van der Waals surface area contributed by atoms with Gasteiger partial charge in [-0.15, -0.1) is 0 Å². The third-order valence-electron chi connectivity index (χ3n) is 1.04. The molecule has 0 aromatic carbocycles. The minimum Gasteiger partial charge on any atom is -0.338 e. The zero-order valence-electron chi connectivity index (χ0n) is 5.38. The van der Waals surface area contributed by atoms with Gasteiger partial charge in [-0.25, -0.2) is 0 Å². The first-order valence-electron chi connectivity index (χ1n) is 3.01. The Hall–Kier alpha value is -0.420. The van der Waals surface area contributed by atoms with Gasteiger partial charge in [-0.2, -0.15) is 4.98 Å². The van der Waals surface area contributed by atoms with Gasteiger partial charge in [0.2, 0.25) is 10.6 Å². The Balaban J connectivity index is 2.42. The van der Waals surface area contributed by atoms with Gasteiger partial charge in [0.15, 0.2) is 0 Å². The predicted octanol–water partition coefficient (Wildman–Crippen LogP) is 0.723. The second-order valence-electron chi connectivity index (χ2n) is 1.85. The minimum atomic E-state index is 0.500. The highest BCUT2D eigenvalue weighted by atomic mass is 79.9. The van der Waals surface area contributed by atoms with Crippen LogP contribution in [0.1, 0.15) is 12.3 Å². The van der Waals surface area contributed by atoms with E-state index in [0.29, 0.717) is 17.2 Å². The van der Waals surface area contributed by atoms with E-state index < -0.39 is 0 Å². The first kappa shape index (κ1) is 7.68. The number of hydrogen-bond donors (Lipinski definition) is 1. The number of nitrogens with zero attached hydrogens (tertiary/aromatic N) is 2. The summed E-state index contributed by atoms with van der Waals surface area (Å²) in [7, 11) is 0. The number of aryl methyl sites for hydroxylation is 1. The van der Waals surface area contributed by atoms with Gasteiger partial charge in [-0.3, -0.25) is 0 Å². The van der Waals surface area contributed by atoms with E-state index in [1.165, 1.54) is 0 Å². The molecule has 0 radical (unpaired) electrons. The fourth-order valence-electron chi connectivity index (χ4n) is 0.589. The van der Waals surface area contributed by atoms with Gasteiger partial charge in [0.25, 0.3) is 0 Å². The lowest BCUT2D eigenvalue weighted by atomic mass is 10.3. The highest BCUT2D eigenvalue weighted by molar-refractivity contribution is 9.10. The average Bonchev–Trinajstić information content (AvgIpc) is 2.31. The van der Waals surface area contributed by atoms with Crippen LogP contribution in [0, 0.1) is 0 Å². The Bertz CT molecular complexity index is 201. The summed E-state index contributed by atoms with van der Waals surface area (Å²) in [6.07, 6.45) is 1.64. The molecule has 0 aliphatic rings. The number of nitrogens with two attached hydrogens (primary N) is 1. The molecule has 2 N–H and O–H groups in total. The Kier molecular flexibility index (Phi) is 2.82. The molecule has 10 heavy (non-hydrogen) atoms. The molecule has 4 nitrogen and oxygen atoms in total. The molecule has 1 heterocycles. The largest absolute Gasteiger partial charge is 0.338 e. The zero-order chi connectivity index (χ0) is 7.40. The van der Waals surface area contributed by atoms with Crippen LogP contribution in [0.25, 0.3) is 0 Å². The Morgan fingerprint density at radius 3 is 2.90 bits per heavy atom. The normalized spacial score (nSPS) is 10.2. The summed E-state index contributed by atoms with van der Waals surface area (Å²) >= 11 is 3.08. The molecular weight excluding hydrogens is 198 g/mol. The molecule has 0 spiro atoms. The SMILES string of the molecule is NCCCc1nc(Br)no1. The third kappa shape index (κ3) is 2.07. The van der Waals surface area contributed by atoms with Crippen LogP contribution in [0.3, 0.4) is 0 Å². The minimum absolute atomic E-state index is 0.500. The van der Waals surface area contributed by atoms with Crippen molar-refractivity contribution in [3.8, 4) is 0 Å². The molecule has 1 rings (SSSR count). The molecule has 0 fully saturated rings. The van der Waals surface area contributed by atoms with Crippen molar-refractivity contribution in [3.63, 3.8) is 0 Å². The first-order valence-corrected chi connectivity index (χ1v) is 3.80. The first-order chi connectivity index (χ1) is 4.83. The van der Waals surface area contributed by atoms with Gasteiger partial charge in [0.1, 0.15) is 0 Å². The van der Waals surface area contributed by atoms with Crippen LogP contribution in [0.4, 0.5) is 0 Å².